The van der Waals surface area contributed by atoms with E-state index in [4.69, 9.17) is 5.11 Å². The van der Waals surface area contributed by atoms with Gasteiger partial charge < -0.3 is 9.90 Å². The van der Waals surface area contributed by atoms with Crippen molar-refractivity contribution in [2.75, 3.05) is 0 Å². The number of carbonyl (C=O) groups is 2. The molecule has 0 aliphatic rings. The average Bonchev–Trinajstić information content (AvgIpc) is 2.39. The fourth-order valence-electron chi connectivity index (χ4n) is 2.07. The monoisotopic (exact) mass is 268 g/mol. The Labute approximate surface area is 117 Å². The molecule has 110 valence electrons. The minimum Gasteiger partial charge on any atom is -0.481 e. The van der Waals surface area contributed by atoms with Crippen molar-refractivity contribution in [3.63, 3.8) is 0 Å². The van der Waals surface area contributed by atoms with E-state index >= 15 is 0 Å². The molecule has 0 spiro atoms. The molecule has 0 aliphatic heterocycles. The highest BCUT2D eigenvalue weighted by Gasteiger charge is 2.02. The smallest absolute Gasteiger partial charge is 0.303 e. The van der Waals surface area contributed by atoms with Crippen LogP contribution in [0.3, 0.4) is 0 Å². The molecule has 3 heteroatoms. The highest BCUT2D eigenvalue weighted by atomic mass is 16.4. The van der Waals surface area contributed by atoms with Crippen molar-refractivity contribution in [3.05, 3.63) is 12.2 Å². The van der Waals surface area contributed by atoms with Crippen LogP contribution in [0, 0.1) is 5.92 Å². The number of aldehydes is 1. The second kappa shape index (κ2) is 13.3. The molecular weight excluding hydrogens is 240 g/mol. The predicted molar refractivity (Wildman–Crippen MR) is 78.2 cm³/mol. The highest BCUT2D eigenvalue weighted by Crippen LogP contribution is 2.11. The van der Waals surface area contributed by atoms with Crippen LogP contribution in [0.1, 0.15) is 71.1 Å². The molecule has 0 aromatic rings. The maximum absolute atomic E-state index is 10.7. The van der Waals surface area contributed by atoms with Gasteiger partial charge in [-0.05, 0) is 32.1 Å². The summed E-state index contributed by atoms with van der Waals surface area (Å²) >= 11 is 0. The van der Waals surface area contributed by atoms with Crippen molar-refractivity contribution >= 4 is 12.3 Å². The zero-order valence-electron chi connectivity index (χ0n) is 12.1. The standard InChI is InChI=1S/C16H28O3/c1-2-11-15(14-17)12-9-7-5-3-4-6-8-10-13-16(18)19/h7,9,14-15H,2-6,8,10-13H2,1H3,(H,18,19). The first-order valence-electron chi connectivity index (χ1n) is 7.52. The second-order valence-electron chi connectivity index (χ2n) is 5.09. The summed E-state index contributed by atoms with van der Waals surface area (Å²) in [7, 11) is 0. The molecule has 0 aromatic heterocycles. The van der Waals surface area contributed by atoms with Gasteiger partial charge in [-0.2, -0.15) is 0 Å². The van der Waals surface area contributed by atoms with E-state index in [2.05, 4.69) is 19.1 Å². The van der Waals surface area contributed by atoms with Gasteiger partial charge in [0.25, 0.3) is 0 Å². The third kappa shape index (κ3) is 13.1. The number of carbonyl (C=O) groups excluding carboxylic acids is 1. The Bertz CT molecular complexity index is 259. The quantitative estimate of drug-likeness (QED) is 0.307. The summed E-state index contributed by atoms with van der Waals surface area (Å²) in [5, 5.41) is 8.48. The lowest BCUT2D eigenvalue weighted by atomic mass is 10.0. The Hall–Kier alpha value is -1.12. The topological polar surface area (TPSA) is 54.4 Å². The Morgan fingerprint density at radius 1 is 1.11 bits per heavy atom. The fourth-order valence-corrected chi connectivity index (χ4v) is 2.07. The third-order valence-electron chi connectivity index (χ3n) is 3.22. The number of unbranched alkanes of at least 4 members (excludes halogenated alkanes) is 5. The number of rotatable bonds is 13. The van der Waals surface area contributed by atoms with Gasteiger partial charge in [-0.1, -0.05) is 44.8 Å². The van der Waals surface area contributed by atoms with Gasteiger partial charge in [-0.15, -0.1) is 0 Å². The predicted octanol–water partition coefficient (Wildman–Crippen LogP) is 4.36. The fraction of sp³-hybridized carbons (Fsp3) is 0.750. The lowest BCUT2D eigenvalue weighted by Crippen LogP contribution is -1.99. The van der Waals surface area contributed by atoms with E-state index in [1.165, 1.54) is 0 Å². The zero-order valence-corrected chi connectivity index (χ0v) is 12.1. The van der Waals surface area contributed by atoms with Crippen LogP contribution in [0.25, 0.3) is 0 Å². The molecule has 0 aliphatic carbocycles. The maximum Gasteiger partial charge on any atom is 0.303 e. The van der Waals surface area contributed by atoms with Crippen LogP contribution in [0.15, 0.2) is 12.2 Å². The van der Waals surface area contributed by atoms with Crippen molar-refractivity contribution in [2.24, 2.45) is 5.92 Å². The van der Waals surface area contributed by atoms with E-state index in [1.807, 2.05) is 0 Å². The van der Waals surface area contributed by atoms with E-state index in [-0.39, 0.29) is 5.92 Å². The van der Waals surface area contributed by atoms with Gasteiger partial charge in [0.15, 0.2) is 0 Å². The van der Waals surface area contributed by atoms with Gasteiger partial charge in [0, 0.05) is 12.3 Å². The Morgan fingerprint density at radius 2 is 1.79 bits per heavy atom. The average molecular weight is 268 g/mol. The van der Waals surface area contributed by atoms with Crippen LogP contribution < -0.4 is 0 Å². The molecule has 0 radical (unpaired) electrons. The molecule has 0 heterocycles. The molecule has 1 N–H and O–H groups in total. The van der Waals surface area contributed by atoms with Crippen molar-refractivity contribution < 1.29 is 14.7 Å². The van der Waals surface area contributed by atoms with Crippen molar-refractivity contribution in [3.8, 4) is 0 Å². The van der Waals surface area contributed by atoms with Gasteiger partial charge >= 0.3 is 5.97 Å². The zero-order chi connectivity index (χ0) is 14.3. The summed E-state index contributed by atoms with van der Waals surface area (Å²) in [5.74, 6) is -0.503. The van der Waals surface area contributed by atoms with Crippen molar-refractivity contribution in [2.45, 2.75) is 71.1 Å². The van der Waals surface area contributed by atoms with Crippen molar-refractivity contribution in [1.29, 1.82) is 0 Å². The maximum atomic E-state index is 10.7. The number of carboxylic acid groups (broad SMARTS) is 1. The van der Waals surface area contributed by atoms with E-state index in [9.17, 15) is 9.59 Å². The first kappa shape index (κ1) is 17.9. The van der Waals surface area contributed by atoms with Crippen LogP contribution in [-0.2, 0) is 9.59 Å². The summed E-state index contributed by atoms with van der Waals surface area (Å²) in [5.41, 5.74) is 0. The van der Waals surface area contributed by atoms with Crippen LogP contribution >= 0.6 is 0 Å². The van der Waals surface area contributed by atoms with Gasteiger partial charge in [0.2, 0.25) is 0 Å². The molecule has 0 fully saturated rings. The first-order chi connectivity index (χ1) is 9.20. The molecule has 0 saturated carbocycles. The second-order valence-corrected chi connectivity index (χ2v) is 5.09. The molecule has 0 saturated heterocycles. The summed E-state index contributed by atoms with van der Waals surface area (Å²) in [4.78, 5) is 21.0. The van der Waals surface area contributed by atoms with Gasteiger partial charge in [-0.25, -0.2) is 0 Å². The SMILES string of the molecule is CCCC(C=O)CC=CCCCCCCCC(=O)O. The molecule has 0 rings (SSSR count). The lowest BCUT2D eigenvalue weighted by molar-refractivity contribution is -0.137. The Balaban J connectivity index is 3.33. The number of allylic oxidation sites excluding steroid dienone is 2. The number of hydrogen-bond donors (Lipinski definition) is 1. The molecule has 0 bridgehead atoms. The summed E-state index contributed by atoms with van der Waals surface area (Å²) in [6.07, 6.45) is 14.9. The lowest BCUT2D eigenvalue weighted by Gasteiger charge is -2.03. The van der Waals surface area contributed by atoms with Crippen LogP contribution in [-0.4, -0.2) is 17.4 Å². The van der Waals surface area contributed by atoms with Crippen LogP contribution in [0.5, 0.6) is 0 Å². The van der Waals surface area contributed by atoms with Gasteiger partial charge in [0.05, 0.1) is 0 Å². The van der Waals surface area contributed by atoms with Gasteiger partial charge in [-0.3, -0.25) is 4.79 Å². The molecule has 19 heavy (non-hydrogen) atoms. The Morgan fingerprint density at radius 3 is 2.42 bits per heavy atom. The third-order valence-corrected chi connectivity index (χ3v) is 3.22. The van der Waals surface area contributed by atoms with Crippen molar-refractivity contribution in [1.82, 2.24) is 0 Å². The minimum absolute atomic E-state index is 0.192. The highest BCUT2D eigenvalue weighted by molar-refractivity contribution is 5.66. The normalized spacial score (nSPS) is 12.7. The first-order valence-corrected chi connectivity index (χ1v) is 7.52. The number of hydrogen-bond acceptors (Lipinski definition) is 2. The molecule has 3 nitrogen and oxygen atoms in total. The summed E-state index contributed by atoms with van der Waals surface area (Å²) in [6, 6.07) is 0. The van der Waals surface area contributed by atoms with Crippen LogP contribution in [0.4, 0.5) is 0 Å². The number of carboxylic acids is 1. The summed E-state index contributed by atoms with van der Waals surface area (Å²) in [6.45, 7) is 2.10. The molecule has 0 amide bonds. The van der Waals surface area contributed by atoms with Crippen LogP contribution in [0.2, 0.25) is 0 Å². The van der Waals surface area contributed by atoms with E-state index in [0.717, 1.165) is 64.1 Å². The molecule has 0 aromatic carbocycles. The van der Waals surface area contributed by atoms with E-state index < -0.39 is 5.97 Å². The Kier molecular flexibility index (Phi) is 12.5. The van der Waals surface area contributed by atoms with E-state index in [1.54, 1.807) is 0 Å². The van der Waals surface area contributed by atoms with Gasteiger partial charge in [0.1, 0.15) is 6.29 Å². The number of aliphatic carboxylic acids is 1. The molecule has 1 unspecified atom stereocenters. The molecular formula is C16H28O3. The molecule has 1 atom stereocenters. The van der Waals surface area contributed by atoms with E-state index in [0.29, 0.717) is 6.42 Å². The minimum atomic E-state index is -0.695. The largest absolute Gasteiger partial charge is 0.481 e. The summed E-state index contributed by atoms with van der Waals surface area (Å²) < 4.78 is 0.